The summed E-state index contributed by atoms with van der Waals surface area (Å²) in [4.78, 5) is 27.1. The lowest BCUT2D eigenvalue weighted by atomic mass is 9.77. The van der Waals surface area contributed by atoms with Crippen molar-refractivity contribution in [1.82, 2.24) is 0 Å². The number of anilines is 1. The van der Waals surface area contributed by atoms with Crippen molar-refractivity contribution in [2.75, 3.05) is 18.1 Å². The van der Waals surface area contributed by atoms with Gasteiger partial charge in [0.15, 0.2) is 0 Å². The Balaban J connectivity index is 1.71. The van der Waals surface area contributed by atoms with Gasteiger partial charge in [-0.25, -0.2) is 0 Å². The number of aryl methyl sites for hydroxylation is 1. The highest BCUT2D eigenvalue weighted by Gasteiger charge is 2.67. The average Bonchev–Trinajstić information content (AvgIpc) is 3.16. The number of para-hydroxylation sites is 1. The van der Waals surface area contributed by atoms with Crippen LogP contribution in [0.25, 0.3) is 0 Å². The summed E-state index contributed by atoms with van der Waals surface area (Å²) in [7, 11) is 0. The van der Waals surface area contributed by atoms with Gasteiger partial charge in [-0.15, -0.1) is 0 Å². The summed E-state index contributed by atoms with van der Waals surface area (Å²) in [6.45, 7) is 4.50. The smallest absolute Gasteiger partial charge is 0.312 e. The van der Waals surface area contributed by atoms with E-state index in [1.807, 2.05) is 43.3 Å². The second kappa shape index (κ2) is 4.93. The van der Waals surface area contributed by atoms with Gasteiger partial charge in [-0.05, 0) is 25.5 Å². The quantitative estimate of drug-likeness (QED) is 0.631. The van der Waals surface area contributed by atoms with E-state index in [0.717, 1.165) is 11.3 Å². The summed E-state index contributed by atoms with van der Waals surface area (Å²) in [5.74, 6) is -1.42. The van der Waals surface area contributed by atoms with Crippen molar-refractivity contribution >= 4 is 17.6 Å². The minimum absolute atomic E-state index is 0.0517. The molecule has 4 atom stereocenters. The van der Waals surface area contributed by atoms with Gasteiger partial charge in [-0.3, -0.25) is 9.59 Å². The van der Waals surface area contributed by atoms with Gasteiger partial charge in [-0.1, -0.05) is 30.4 Å². The lowest BCUT2D eigenvalue weighted by molar-refractivity contribution is -0.151. The van der Waals surface area contributed by atoms with Crippen LogP contribution >= 0.6 is 0 Å². The van der Waals surface area contributed by atoms with Gasteiger partial charge in [0.05, 0.1) is 25.2 Å². The van der Waals surface area contributed by atoms with Crippen molar-refractivity contribution in [3.63, 3.8) is 0 Å². The van der Waals surface area contributed by atoms with Gasteiger partial charge in [0.25, 0.3) is 0 Å². The van der Waals surface area contributed by atoms with Crippen molar-refractivity contribution in [2.45, 2.75) is 25.6 Å². The zero-order valence-electron chi connectivity index (χ0n) is 13.2. The number of hydrogen-bond donors (Lipinski definition) is 0. The predicted octanol–water partition coefficient (Wildman–Crippen LogP) is 1.84. The van der Waals surface area contributed by atoms with Gasteiger partial charge in [-0.2, -0.15) is 0 Å². The molecular formula is C18H19NO4. The molecule has 5 heteroatoms. The van der Waals surface area contributed by atoms with E-state index in [9.17, 15) is 9.59 Å². The number of benzene rings is 1. The molecule has 1 aromatic carbocycles. The highest BCUT2D eigenvalue weighted by molar-refractivity contribution is 6.03. The number of hydrogen-bond acceptors (Lipinski definition) is 4. The first-order chi connectivity index (χ1) is 11.1. The van der Waals surface area contributed by atoms with Crippen LogP contribution in [0.4, 0.5) is 5.69 Å². The number of amides is 1. The van der Waals surface area contributed by atoms with E-state index in [4.69, 9.17) is 9.47 Å². The van der Waals surface area contributed by atoms with Crippen LogP contribution in [0.1, 0.15) is 12.5 Å². The molecule has 5 nitrogen and oxygen atoms in total. The van der Waals surface area contributed by atoms with Crippen LogP contribution < -0.4 is 4.90 Å². The summed E-state index contributed by atoms with van der Waals surface area (Å²) < 4.78 is 11.2. The predicted molar refractivity (Wildman–Crippen MR) is 83.9 cm³/mol. The van der Waals surface area contributed by atoms with E-state index in [2.05, 4.69) is 0 Å². The molecule has 0 aliphatic carbocycles. The van der Waals surface area contributed by atoms with E-state index >= 15 is 0 Å². The molecule has 120 valence electrons. The van der Waals surface area contributed by atoms with E-state index in [0.29, 0.717) is 13.2 Å². The molecule has 0 radical (unpaired) electrons. The second-order valence-electron chi connectivity index (χ2n) is 6.36. The molecule has 23 heavy (non-hydrogen) atoms. The molecule has 0 saturated carbocycles. The Kier molecular flexibility index (Phi) is 3.10. The molecule has 2 fully saturated rings. The lowest BCUT2D eigenvalue weighted by Gasteiger charge is -2.22. The highest BCUT2D eigenvalue weighted by atomic mass is 16.6. The first kappa shape index (κ1) is 14.5. The SMILES string of the molecule is CCOC(=O)[C@H]1[C@H]2C=C[C@@]3(CN(c4ccccc4C)C(=O)[C@@H]13)O2. The molecule has 3 aliphatic heterocycles. The summed E-state index contributed by atoms with van der Waals surface area (Å²) in [6, 6.07) is 7.77. The maximum atomic E-state index is 13.0. The highest BCUT2D eigenvalue weighted by Crippen LogP contribution is 2.53. The number of ether oxygens (including phenoxy) is 2. The van der Waals surface area contributed by atoms with Crippen molar-refractivity contribution in [1.29, 1.82) is 0 Å². The fraction of sp³-hybridized carbons (Fsp3) is 0.444. The van der Waals surface area contributed by atoms with Gasteiger partial charge in [0.1, 0.15) is 11.5 Å². The van der Waals surface area contributed by atoms with Gasteiger partial charge >= 0.3 is 5.97 Å². The molecule has 3 heterocycles. The largest absolute Gasteiger partial charge is 0.466 e. The average molecular weight is 313 g/mol. The standard InChI is InChI=1S/C18H19NO4/c1-3-22-17(21)14-13-8-9-18(23-13)10-19(16(20)15(14)18)12-7-5-4-6-11(12)2/h4-9,13-15H,3,10H2,1-2H3/t13-,14+,15-,18+/m1/s1. The topological polar surface area (TPSA) is 55.8 Å². The maximum absolute atomic E-state index is 13.0. The molecule has 3 aliphatic rings. The number of fused-ring (bicyclic) bond motifs is 1. The molecule has 0 N–H and O–H groups in total. The molecule has 1 spiro atoms. The Bertz CT molecular complexity index is 713. The number of nitrogens with zero attached hydrogens (tertiary/aromatic N) is 1. The first-order valence-corrected chi connectivity index (χ1v) is 7.98. The Morgan fingerprint density at radius 3 is 2.96 bits per heavy atom. The molecular weight excluding hydrogens is 294 g/mol. The third kappa shape index (κ3) is 1.89. The van der Waals surface area contributed by atoms with Crippen LogP contribution in [0.2, 0.25) is 0 Å². The summed E-state index contributed by atoms with van der Waals surface area (Å²) in [5, 5.41) is 0. The zero-order chi connectivity index (χ0) is 16.2. The fourth-order valence-corrected chi connectivity index (χ4v) is 4.08. The summed E-state index contributed by atoms with van der Waals surface area (Å²) in [6.07, 6.45) is 3.50. The van der Waals surface area contributed by atoms with Crippen molar-refractivity contribution in [2.24, 2.45) is 11.8 Å². The minimum atomic E-state index is -0.693. The van der Waals surface area contributed by atoms with Crippen molar-refractivity contribution in [3.05, 3.63) is 42.0 Å². The van der Waals surface area contributed by atoms with Gasteiger partial charge in [0, 0.05) is 5.69 Å². The van der Waals surface area contributed by atoms with E-state index in [1.165, 1.54) is 0 Å². The van der Waals surface area contributed by atoms with Crippen LogP contribution in [-0.2, 0) is 19.1 Å². The van der Waals surface area contributed by atoms with Crippen LogP contribution in [0.3, 0.4) is 0 Å². The molecule has 2 saturated heterocycles. The second-order valence-corrected chi connectivity index (χ2v) is 6.36. The number of rotatable bonds is 3. The minimum Gasteiger partial charge on any atom is -0.466 e. The Morgan fingerprint density at radius 2 is 2.22 bits per heavy atom. The fourth-order valence-electron chi connectivity index (χ4n) is 4.08. The number of esters is 1. The monoisotopic (exact) mass is 313 g/mol. The van der Waals surface area contributed by atoms with Gasteiger partial charge < -0.3 is 14.4 Å². The number of carbonyl (C=O) groups is 2. The first-order valence-electron chi connectivity index (χ1n) is 7.98. The van der Waals surface area contributed by atoms with Crippen LogP contribution in [0.15, 0.2) is 36.4 Å². The van der Waals surface area contributed by atoms with Crippen LogP contribution in [0, 0.1) is 18.8 Å². The van der Waals surface area contributed by atoms with E-state index < -0.39 is 17.4 Å². The van der Waals surface area contributed by atoms with E-state index in [1.54, 1.807) is 11.8 Å². The zero-order valence-corrected chi connectivity index (χ0v) is 13.2. The lowest BCUT2D eigenvalue weighted by Crippen LogP contribution is -2.40. The molecule has 0 aromatic heterocycles. The van der Waals surface area contributed by atoms with Crippen molar-refractivity contribution in [3.8, 4) is 0 Å². The third-order valence-electron chi connectivity index (χ3n) is 5.07. The Morgan fingerprint density at radius 1 is 1.43 bits per heavy atom. The molecule has 2 bridgehead atoms. The molecule has 4 rings (SSSR count). The normalized spacial score (nSPS) is 34.1. The van der Waals surface area contributed by atoms with Gasteiger partial charge in [0.2, 0.25) is 5.91 Å². The van der Waals surface area contributed by atoms with Crippen LogP contribution in [-0.4, -0.2) is 36.7 Å². The van der Waals surface area contributed by atoms with Crippen LogP contribution in [0.5, 0.6) is 0 Å². The Labute approximate surface area is 134 Å². The third-order valence-corrected chi connectivity index (χ3v) is 5.07. The van der Waals surface area contributed by atoms with Crippen molar-refractivity contribution < 1.29 is 19.1 Å². The molecule has 0 unspecified atom stereocenters. The maximum Gasteiger partial charge on any atom is 0.312 e. The summed E-state index contributed by atoms with van der Waals surface area (Å²) >= 11 is 0. The summed E-state index contributed by atoms with van der Waals surface area (Å²) in [5.41, 5.74) is 1.22. The van der Waals surface area contributed by atoms with E-state index in [-0.39, 0.29) is 18.0 Å². The molecule has 1 aromatic rings. The molecule has 1 amide bonds. The number of carbonyl (C=O) groups excluding carboxylic acids is 2. The Hall–Kier alpha value is -2.14.